The van der Waals surface area contributed by atoms with E-state index in [-0.39, 0.29) is 0 Å². The monoisotopic (exact) mass is 911 g/mol. The first kappa shape index (κ1) is 38.0. The maximum absolute atomic E-state index is 10.6. The highest BCUT2D eigenvalue weighted by Crippen LogP contribution is 2.46. The van der Waals surface area contributed by atoms with Gasteiger partial charge < -0.3 is 32.3 Å². The molecule has 0 aliphatic carbocycles. The summed E-state index contributed by atoms with van der Waals surface area (Å²) in [4.78, 5) is 2.29. The normalized spacial score (nSPS) is 12.2. The summed E-state index contributed by atoms with van der Waals surface area (Å²) in [6, 6.07) is 69.1. The van der Waals surface area contributed by atoms with Crippen LogP contribution in [0.4, 0.5) is 28.4 Å². The van der Waals surface area contributed by atoms with Crippen LogP contribution in [0.25, 0.3) is 131 Å². The Morgan fingerprint density at radius 2 is 0.789 bits per heavy atom. The third-order valence-electron chi connectivity index (χ3n) is 14.4. The van der Waals surface area contributed by atoms with Crippen molar-refractivity contribution in [2.75, 3.05) is 10.2 Å². The quantitative estimate of drug-likeness (QED) is 0.182. The van der Waals surface area contributed by atoms with Gasteiger partial charge in [0, 0.05) is 76.9 Å². The molecule has 0 aliphatic heterocycles. The van der Waals surface area contributed by atoms with Gasteiger partial charge in [-0.05, 0) is 149 Å². The van der Waals surface area contributed by atoms with Gasteiger partial charge in [-0.25, -0.2) is 0 Å². The van der Waals surface area contributed by atoms with Gasteiger partial charge in [-0.1, -0.05) is 66.7 Å². The number of nitrogens with one attached hydrogen (secondary N) is 1. The van der Waals surface area contributed by atoms with Crippen LogP contribution in [0.1, 0.15) is 5.56 Å². The van der Waals surface area contributed by atoms with E-state index in [4.69, 9.17) is 22.1 Å². The Hall–Kier alpha value is -9.97. The number of furan rings is 5. The van der Waals surface area contributed by atoms with Crippen molar-refractivity contribution in [2.45, 2.75) is 0 Å². The molecular weight excluding hydrogens is 879 g/mol. The van der Waals surface area contributed by atoms with E-state index in [1.165, 1.54) is 0 Å². The predicted octanol–water partition coefficient (Wildman–Crippen LogP) is 18.6. The lowest BCUT2D eigenvalue weighted by molar-refractivity contribution is 0.662. The Kier molecular flexibility index (Phi) is 7.53. The first-order chi connectivity index (χ1) is 35.0. The van der Waals surface area contributed by atoms with Gasteiger partial charge in [0.2, 0.25) is 0 Å². The molecule has 0 amide bonds. The fraction of sp³-hybridized carbons (Fsp3) is 0. The van der Waals surface area contributed by atoms with Crippen LogP contribution in [0, 0.1) is 11.3 Å². The van der Waals surface area contributed by atoms with Gasteiger partial charge in [0.25, 0.3) is 0 Å². The van der Waals surface area contributed by atoms with E-state index in [0.29, 0.717) is 22.3 Å². The molecule has 0 saturated carbocycles. The van der Waals surface area contributed by atoms with Gasteiger partial charge in [0.05, 0.1) is 10.9 Å². The molecule has 330 valence electrons. The number of rotatable bonds is 5. The highest BCUT2D eigenvalue weighted by molar-refractivity contribution is 6.25. The van der Waals surface area contributed by atoms with E-state index < -0.39 is 0 Å². The average Bonchev–Trinajstić information content (AvgIpc) is 4.23. The molecule has 8 nitrogen and oxygen atoms in total. The molecule has 0 spiro atoms. The average molecular weight is 912 g/mol. The molecule has 16 rings (SSSR count). The van der Waals surface area contributed by atoms with Gasteiger partial charge in [0.15, 0.2) is 5.58 Å². The van der Waals surface area contributed by atoms with Crippen molar-refractivity contribution in [2.24, 2.45) is 0 Å². The van der Waals surface area contributed by atoms with Crippen LogP contribution in [0.5, 0.6) is 0 Å². The minimum Gasteiger partial charge on any atom is -0.456 e. The summed E-state index contributed by atoms with van der Waals surface area (Å²) in [7, 11) is 0. The lowest BCUT2D eigenvalue weighted by atomic mass is 10.0. The van der Waals surface area contributed by atoms with E-state index in [2.05, 4.69) is 138 Å². The lowest BCUT2D eigenvalue weighted by Crippen LogP contribution is -2.09. The van der Waals surface area contributed by atoms with Crippen LogP contribution in [-0.4, -0.2) is 0 Å². The molecule has 0 radical (unpaired) electrons. The Morgan fingerprint density at radius 1 is 0.324 bits per heavy atom. The lowest BCUT2D eigenvalue weighted by Gasteiger charge is -2.26. The molecule has 1 N–H and O–H groups in total. The second-order valence-electron chi connectivity index (χ2n) is 18.4. The van der Waals surface area contributed by atoms with E-state index in [1.54, 1.807) is 0 Å². The van der Waals surface area contributed by atoms with Gasteiger partial charge in [-0.15, -0.1) is 0 Å². The van der Waals surface area contributed by atoms with Gasteiger partial charge in [-0.2, -0.15) is 5.26 Å². The highest BCUT2D eigenvalue weighted by Gasteiger charge is 2.23. The molecule has 8 heteroatoms. The molecule has 0 atom stereocenters. The topological polar surface area (TPSA) is 105 Å². The Balaban J connectivity index is 0.828. The Morgan fingerprint density at radius 3 is 1.44 bits per heavy atom. The van der Waals surface area contributed by atoms with Crippen molar-refractivity contribution in [3.8, 4) is 6.07 Å². The number of benzene rings is 11. The zero-order valence-corrected chi connectivity index (χ0v) is 37.4. The minimum atomic E-state index is 0.454. The minimum absolute atomic E-state index is 0.454. The SMILES string of the molecule is N#Cc1cc2c3cc4ccc(N(c5ccc6oc7ccccc7c6c5)c5ccc6oc7ccccc7c6c5)cc4cc3oc2c2c1oc1cc3cc(Nc4ccc5oc6ccccc6c5c4)ccc3cc12. The van der Waals surface area contributed by atoms with Crippen LogP contribution >= 0.6 is 0 Å². The molecular formula is C63H33N3O5. The van der Waals surface area contributed by atoms with Crippen molar-refractivity contribution in [1.29, 1.82) is 5.26 Å². The third kappa shape index (κ3) is 5.60. The van der Waals surface area contributed by atoms with Crippen molar-refractivity contribution >= 4 is 160 Å². The Bertz CT molecular complexity index is 4900. The number of nitrogens with zero attached hydrogens (tertiary/aromatic N) is 2. The number of fused-ring (bicyclic) bond motifs is 18. The summed E-state index contributed by atoms with van der Waals surface area (Å²) in [6.07, 6.45) is 0. The second-order valence-corrected chi connectivity index (χ2v) is 18.4. The maximum atomic E-state index is 10.6. The molecule has 5 heterocycles. The van der Waals surface area contributed by atoms with Crippen LogP contribution in [0.3, 0.4) is 0 Å². The molecule has 0 bridgehead atoms. The first-order valence-corrected chi connectivity index (χ1v) is 23.5. The van der Waals surface area contributed by atoms with E-state index in [0.717, 1.165) is 143 Å². The maximum Gasteiger partial charge on any atom is 0.156 e. The molecule has 0 unspecified atom stereocenters. The fourth-order valence-corrected chi connectivity index (χ4v) is 11.1. The van der Waals surface area contributed by atoms with E-state index in [1.807, 2.05) is 72.8 Å². The summed E-state index contributed by atoms with van der Waals surface area (Å²) >= 11 is 0. The summed E-state index contributed by atoms with van der Waals surface area (Å²) in [6.45, 7) is 0. The summed E-state index contributed by atoms with van der Waals surface area (Å²) in [5.41, 5.74) is 13.0. The molecule has 0 saturated heterocycles. The van der Waals surface area contributed by atoms with Crippen LogP contribution in [0.15, 0.2) is 216 Å². The van der Waals surface area contributed by atoms with Gasteiger partial charge in [-0.3, -0.25) is 0 Å². The number of para-hydroxylation sites is 3. The standard InChI is InChI=1S/C63H33N3O5/c64-33-38-27-51-47-25-35-14-17-41(66(42-18-21-57-49(31-42)45-8-2-5-11-54(45)68-57)43-19-22-58-50(32-43)46-9-3-6-12-55(46)69-58)24-37(35)29-59(47)71-63(51)61-52-26-34-13-15-39(23-36(34)28-60(52)70-62(38)61)65-40-16-20-56-48(30-40)44-7-1-4-10-53(44)67-56/h1-32,65H. The van der Waals surface area contributed by atoms with Crippen molar-refractivity contribution in [1.82, 2.24) is 0 Å². The van der Waals surface area contributed by atoms with Crippen LogP contribution < -0.4 is 10.2 Å². The van der Waals surface area contributed by atoms with Gasteiger partial charge in [0.1, 0.15) is 56.3 Å². The smallest absolute Gasteiger partial charge is 0.156 e. The van der Waals surface area contributed by atoms with Crippen molar-refractivity contribution in [3.63, 3.8) is 0 Å². The van der Waals surface area contributed by atoms with Gasteiger partial charge >= 0.3 is 0 Å². The fourth-order valence-electron chi connectivity index (χ4n) is 11.1. The summed E-state index contributed by atoms with van der Waals surface area (Å²) < 4.78 is 32.1. The third-order valence-corrected chi connectivity index (χ3v) is 14.4. The number of hydrogen-bond acceptors (Lipinski definition) is 8. The summed E-state index contributed by atoms with van der Waals surface area (Å²) in [5, 5.41) is 28.1. The molecule has 71 heavy (non-hydrogen) atoms. The van der Waals surface area contributed by atoms with E-state index in [9.17, 15) is 5.26 Å². The summed E-state index contributed by atoms with van der Waals surface area (Å²) in [5.74, 6) is 0. The Labute approximate surface area is 401 Å². The number of anilines is 5. The highest BCUT2D eigenvalue weighted by atomic mass is 16.4. The molecule has 16 aromatic rings. The van der Waals surface area contributed by atoms with Crippen molar-refractivity contribution < 1.29 is 22.1 Å². The first-order valence-electron chi connectivity index (χ1n) is 23.5. The zero-order chi connectivity index (χ0) is 46.5. The van der Waals surface area contributed by atoms with E-state index >= 15 is 0 Å². The predicted molar refractivity (Wildman–Crippen MR) is 287 cm³/mol. The molecule has 5 aromatic heterocycles. The number of hydrogen-bond donors (Lipinski definition) is 1. The second kappa shape index (κ2) is 14.0. The molecule has 0 fully saturated rings. The largest absolute Gasteiger partial charge is 0.456 e. The molecule has 0 aliphatic rings. The van der Waals surface area contributed by atoms with Crippen LogP contribution in [-0.2, 0) is 0 Å². The van der Waals surface area contributed by atoms with Crippen molar-refractivity contribution in [3.05, 3.63) is 200 Å². The van der Waals surface area contributed by atoms with Crippen LogP contribution in [0.2, 0.25) is 0 Å². The zero-order valence-electron chi connectivity index (χ0n) is 37.4. The molecule has 11 aromatic carbocycles. The number of nitriles is 1.